The summed E-state index contributed by atoms with van der Waals surface area (Å²) >= 11 is 0. The highest BCUT2D eigenvalue weighted by atomic mass is 16.5. The van der Waals surface area contributed by atoms with Crippen LogP contribution in [-0.2, 0) is 17.9 Å². The first-order chi connectivity index (χ1) is 16.9. The van der Waals surface area contributed by atoms with Crippen molar-refractivity contribution in [2.24, 2.45) is 0 Å². The lowest BCUT2D eigenvalue weighted by Crippen LogP contribution is -2.22. The van der Waals surface area contributed by atoms with E-state index in [0.29, 0.717) is 29.5 Å². The van der Waals surface area contributed by atoms with Gasteiger partial charge in [0.1, 0.15) is 24.4 Å². The number of carbonyl (C=O) groups is 1. The van der Waals surface area contributed by atoms with Gasteiger partial charge in [0, 0.05) is 24.4 Å². The van der Waals surface area contributed by atoms with E-state index in [1.165, 1.54) is 10.6 Å². The molecule has 0 saturated heterocycles. The van der Waals surface area contributed by atoms with E-state index in [4.69, 9.17) is 9.47 Å². The number of anilines is 1. The lowest BCUT2D eigenvalue weighted by atomic mass is 10.1. The number of nitrogens with zero attached hydrogens (tertiary/aromatic N) is 4. The highest BCUT2D eigenvalue weighted by molar-refractivity contribution is 5.92. The van der Waals surface area contributed by atoms with Crippen LogP contribution in [0.1, 0.15) is 35.7 Å². The molecule has 4 aromatic rings. The number of nitrogens with one attached hydrogen (secondary N) is 1. The van der Waals surface area contributed by atoms with Gasteiger partial charge in [-0.1, -0.05) is 31.2 Å². The van der Waals surface area contributed by atoms with Crippen LogP contribution in [0.5, 0.6) is 11.5 Å². The number of aromatic nitrogens is 4. The fourth-order valence-electron chi connectivity index (χ4n) is 3.81. The van der Waals surface area contributed by atoms with E-state index in [1.807, 2.05) is 52.0 Å². The maximum absolute atomic E-state index is 12.6. The Morgan fingerprint density at radius 1 is 1.03 bits per heavy atom. The second kappa shape index (κ2) is 10.4. The summed E-state index contributed by atoms with van der Waals surface area (Å²) in [5.74, 6) is 1.36. The molecule has 0 aliphatic carbocycles. The third-order valence-electron chi connectivity index (χ3n) is 5.55. The Kier molecular flexibility index (Phi) is 7.14. The zero-order valence-electron chi connectivity index (χ0n) is 20.4. The first-order valence-corrected chi connectivity index (χ1v) is 11.5. The average Bonchev–Trinajstić information content (AvgIpc) is 3.22. The van der Waals surface area contributed by atoms with Crippen molar-refractivity contribution in [3.8, 4) is 11.5 Å². The van der Waals surface area contributed by atoms with Gasteiger partial charge in [-0.15, -0.1) is 0 Å². The van der Waals surface area contributed by atoms with Crippen molar-refractivity contribution in [2.75, 3.05) is 11.9 Å². The smallest absolute Gasteiger partial charge is 0.274 e. The van der Waals surface area contributed by atoms with E-state index < -0.39 is 0 Å². The van der Waals surface area contributed by atoms with Crippen molar-refractivity contribution >= 4 is 17.4 Å². The number of carbonyl (C=O) groups excluding carboxylic acids is 1. The Morgan fingerprint density at radius 2 is 1.80 bits per heavy atom. The van der Waals surface area contributed by atoms with Gasteiger partial charge in [-0.2, -0.15) is 9.50 Å². The zero-order chi connectivity index (χ0) is 24.9. The molecule has 1 amide bonds. The van der Waals surface area contributed by atoms with E-state index in [9.17, 15) is 9.59 Å². The number of rotatable bonds is 9. The van der Waals surface area contributed by atoms with E-state index in [0.717, 1.165) is 28.9 Å². The monoisotopic (exact) mass is 475 g/mol. The van der Waals surface area contributed by atoms with Crippen molar-refractivity contribution in [2.45, 2.75) is 47.3 Å². The first-order valence-electron chi connectivity index (χ1n) is 11.5. The molecule has 4 rings (SSSR count). The number of fused-ring (bicyclic) bond motifs is 1. The second-order valence-electron chi connectivity index (χ2n) is 8.43. The van der Waals surface area contributed by atoms with Gasteiger partial charge in [0.15, 0.2) is 6.61 Å². The number of para-hydroxylation sites is 1. The first kappa shape index (κ1) is 24.0. The van der Waals surface area contributed by atoms with Crippen LogP contribution in [0.25, 0.3) is 5.78 Å². The number of ether oxygens (including phenoxy) is 2. The zero-order valence-corrected chi connectivity index (χ0v) is 20.4. The Morgan fingerprint density at radius 3 is 2.54 bits per heavy atom. The molecule has 2 aromatic carbocycles. The molecule has 35 heavy (non-hydrogen) atoms. The molecule has 182 valence electrons. The molecule has 9 nitrogen and oxygen atoms in total. The highest BCUT2D eigenvalue weighted by Crippen LogP contribution is 2.24. The quantitative estimate of drug-likeness (QED) is 0.395. The molecule has 0 bridgehead atoms. The molecule has 9 heteroatoms. The molecule has 1 N–H and O–H groups in total. The van der Waals surface area contributed by atoms with Gasteiger partial charge in [-0.05, 0) is 49.9 Å². The third kappa shape index (κ3) is 5.51. The fourth-order valence-corrected chi connectivity index (χ4v) is 3.81. The van der Waals surface area contributed by atoms with Crippen LogP contribution in [0.15, 0.2) is 53.6 Å². The van der Waals surface area contributed by atoms with Crippen LogP contribution < -0.4 is 20.3 Å². The van der Waals surface area contributed by atoms with Crippen molar-refractivity contribution < 1.29 is 14.3 Å². The molecule has 0 aliphatic heterocycles. The van der Waals surface area contributed by atoms with Gasteiger partial charge in [0.25, 0.3) is 17.2 Å². The summed E-state index contributed by atoms with van der Waals surface area (Å²) < 4.78 is 14.9. The molecular weight excluding hydrogens is 446 g/mol. The van der Waals surface area contributed by atoms with Gasteiger partial charge in [0.05, 0.1) is 5.69 Å². The predicted molar refractivity (Wildman–Crippen MR) is 133 cm³/mol. The van der Waals surface area contributed by atoms with E-state index >= 15 is 0 Å². The van der Waals surface area contributed by atoms with Gasteiger partial charge in [-0.25, -0.2) is 4.98 Å². The van der Waals surface area contributed by atoms with E-state index in [1.54, 1.807) is 23.1 Å². The summed E-state index contributed by atoms with van der Waals surface area (Å²) in [6.45, 7) is 8.51. The standard InChI is InChI=1S/C26H29N5O4/c1-5-11-30-16-27-26-29-21(13-24(33)31(26)30)14-34-22-12-20(10-9-17(22)2)28-23(32)15-35-25-18(3)7-6-8-19(25)4/h6-10,12-13,16H,5,11,14-15H2,1-4H3,(H,28,32). The fraction of sp³-hybridized carbons (Fsp3) is 0.308. The van der Waals surface area contributed by atoms with Crippen LogP contribution in [0.4, 0.5) is 5.69 Å². The van der Waals surface area contributed by atoms with Gasteiger partial charge < -0.3 is 14.8 Å². The van der Waals surface area contributed by atoms with Crippen LogP contribution >= 0.6 is 0 Å². The maximum Gasteiger partial charge on any atom is 0.274 e. The largest absolute Gasteiger partial charge is 0.487 e. The predicted octanol–water partition coefficient (Wildman–Crippen LogP) is 3.82. The number of benzene rings is 2. The number of amides is 1. The van der Waals surface area contributed by atoms with Crippen LogP contribution in [0.2, 0.25) is 0 Å². The van der Waals surface area contributed by atoms with Gasteiger partial charge in [-0.3, -0.25) is 14.3 Å². The average molecular weight is 476 g/mol. The summed E-state index contributed by atoms with van der Waals surface area (Å²) in [4.78, 5) is 33.7. The number of hydrogen-bond acceptors (Lipinski definition) is 6. The Balaban J connectivity index is 1.41. The second-order valence-corrected chi connectivity index (χ2v) is 8.43. The SMILES string of the molecule is CCCn1cnc2nc(COc3cc(NC(=O)COc4c(C)cccc4C)ccc3C)cc(=O)n21. The molecule has 0 spiro atoms. The summed E-state index contributed by atoms with van der Waals surface area (Å²) in [6, 6.07) is 12.7. The maximum atomic E-state index is 12.6. The Bertz CT molecular complexity index is 1400. The summed E-state index contributed by atoms with van der Waals surface area (Å²) in [5.41, 5.74) is 3.70. The van der Waals surface area contributed by atoms with Crippen molar-refractivity contribution in [3.05, 3.63) is 81.5 Å². The van der Waals surface area contributed by atoms with Crippen LogP contribution in [0.3, 0.4) is 0 Å². The Hall–Kier alpha value is -4.14. The van der Waals surface area contributed by atoms with Gasteiger partial charge in [0.2, 0.25) is 0 Å². The van der Waals surface area contributed by atoms with E-state index in [2.05, 4.69) is 15.3 Å². The van der Waals surface area contributed by atoms with Crippen molar-refractivity contribution in [3.63, 3.8) is 0 Å². The molecule has 0 unspecified atom stereocenters. The topological polar surface area (TPSA) is 99.8 Å². The lowest BCUT2D eigenvalue weighted by molar-refractivity contribution is -0.118. The minimum absolute atomic E-state index is 0.0975. The minimum atomic E-state index is -0.273. The molecule has 2 heterocycles. The molecule has 2 aromatic heterocycles. The summed E-state index contributed by atoms with van der Waals surface area (Å²) in [5, 5.41) is 2.84. The van der Waals surface area contributed by atoms with Crippen LogP contribution in [-0.4, -0.2) is 31.7 Å². The molecule has 0 fully saturated rings. The highest BCUT2D eigenvalue weighted by Gasteiger charge is 2.11. The number of hydrogen-bond donors (Lipinski definition) is 1. The third-order valence-corrected chi connectivity index (χ3v) is 5.55. The van der Waals surface area contributed by atoms with E-state index in [-0.39, 0.29) is 24.7 Å². The molecule has 0 aliphatic rings. The minimum Gasteiger partial charge on any atom is -0.487 e. The summed E-state index contributed by atoms with van der Waals surface area (Å²) in [7, 11) is 0. The molecule has 0 saturated carbocycles. The van der Waals surface area contributed by atoms with Crippen LogP contribution in [0, 0.1) is 20.8 Å². The molecular formula is C26H29N5O4. The summed E-state index contributed by atoms with van der Waals surface area (Å²) in [6.07, 6.45) is 2.49. The molecule has 0 atom stereocenters. The van der Waals surface area contributed by atoms with Gasteiger partial charge >= 0.3 is 0 Å². The van der Waals surface area contributed by atoms with Crippen molar-refractivity contribution in [1.82, 2.24) is 19.2 Å². The number of aryl methyl sites for hydroxylation is 4. The lowest BCUT2D eigenvalue weighted by Gasteiger charge is -2.13. The Labute approximate surface area is 203 Å². The van der Waals surface area contributed by atoms with Crippen molar-refractivity contribution in [1.29, 1.82) is 0 Å². The normalized spacial score (nSPS) is 11.0. The molecule has 0 radical (unpaired) electrons.